The third-order valence-electron chi connectivity index (χ3n) is 8.26. The lowest BCUT2D eigenvalue weighted by Crippen LogP contribution is -2.48. The predicted molar refractivity (Wildman–Crippen MR) is 128 cm³/mol. The summed E-state index contributed by atoms with van der Waals surface area (Å²) in [6.45, 7) is 6.53. The van der Waals surface area contributed by atoms with Gasteiger partial charge in [0.1, 0.15) is 0 Å². The zero-order valence-electron chi connectivity index (χ0n) is 19.7. The highest BCUT2D eigenvalue weighted by molar-refractivity contribution is 5.99. The number of aryl methyl sites for hydroxylation is 1. The van der Waals surface area contributed by atoms with Gasteiger partial charge in [-0.15, -0.1) is 0 Å². The summed E-state index contributed by atoms with van der Waals surface area (Å²) < 4.78 is 0. The van der Waals surface area contributed by atoms with Gasteiger partial charge in [0.05, 0.1) is 0 Å². The maximum atomic E-state index is 13.4. The van der Waals surface area contributed by atoms with Crippen LogP contribution in [0, 0.1) is 11.8 Å². The first kappa shape index (κ1) is 21.5. The van der Waals surface area contributed by atoms with Crippen molar-refractivity contribution in [1.29, 1.82) is 0 Å². The molecule has 3 heterocycles. The van der Waals surface area contributed by atoms with E-state index in [1.54, 1.807) is 6.92 Å². The van der Waals surface area contributed by atoms with Gasteiger partial charge in [-0.2, -0.15) is 0 Å². The minimum Gasteiger partial charge on any atom is -0.358 e. The highest BCUT2D eigenvalue weighted by Gasteiger charge is 2.34. The lowest BCUT2D eigenvalue weighted by molar-refractivity contribution is -0.132. The van der Waals surface area contributed by atoms with Crippen LogP contribution < -0.4 is 0 Å². The number of benzene rings is 1. The topological polar surface area (TPSA) is 56.4 Å². The van der Waals surface area contributed by atoms with Crippen molar-refractivity contribution < 1.29 is 9.59 Å². The van der Waals surface area contributed by atoms with Crippen LogP contribution in [0.25, 0.3) is 10.9 Å². The number of aromatic nitrogens is 1. The highest BCUT2D eigenvalue weighted by atomic mass is 16.2. The largest absolute Gasteiger partial charge is 0.358 e. The first-order valence-electron chi connectivity index (χ1n) is 12.7. The second-order valence-corrected chi connectivity index (χ2v) is 10.4. The Morgan fingerprint density at radius 3 is 2.59 bits per heavy atom. The number of carbonyl (C=O) groups excluding carboxylic acids is 2. The van der Waals surface area contributed by atoms with Gasteiger partial charge in [-0.3, -0.25) is 9.59 Å². The molecule has 1 aromatic heterocycles. The Balaban J connectivity index is 1.28. The van der Waals surface area contributed by atoms with E-state index in [0.29, 0.717) is 17.9 Å². The van der Waals surface area contributed by atoms with E-state index in [-0.39, 0.29) is 11.8 Å². The summed E-state index contributed by atoms with van der Waals surface area (Å²) in [5.74, 6) is 1.60. The quantitative estimate of drug-likeness (QED) is 0.727. The molecule has 3 aliphatic rings. The number of carbonyl (C=O) groups is 2. The molecular weight excluding hydrogens is 398 g/mol. The van der Waals surface area contributed by atoms with Crippen LogP contribution in [0.5, 0.6) is 0 Å². The van der Waals surface area contributed by atoms with Crippen molar-refractivity contribution in [2.45, 2.75) is 77.7 Å². The molecular formula is C27H37N3O2. The van der Waals surface area contributed by atoms with E-state index in [2.05, 4.69) is 28.9 Å². The SMILES string of the molecule is CC(=O)N1CCCCCC1C1CCN(C(=O)c2ccc3[nH]c4c(c3c2)CC(C)CC4)CC1. The normalized spacial score (nSPS) is 24.9. The Hall–Kier alpha value is -2.30. The summed E-state index contributed by atoms with van der Waals surface area (Å²) in [7, 11) is 0. The fourth-order valence-corrected chi connectivity index (χ4v) is 6.41. The number of nitrogens with zero attached hydrogens (tertiary/aromatic N) is 2. The number of aromatic amines is 1. The molecule has 0 radical (unpaired) electrons. The molecule has 0 bridgehead atoms. The van der Waals surface area contributed by atoms with Gasteiger partial charge in [-0.05, 0) is 80.5 Å². The van der Waals surface area contributed by atoms with E-state index in [0.717, 1.165) is 69.2 Å². The van der Waals surface area contributed by atoms with Crippen molar-refractivity contribution >= 4 is 22.7 Å². The number of hydrogen-bond donors (Lipinski definition) is 1. The van der Waals surface area contributed by atoms with E-state index < -0.39 is 0 Å². The molecule has 1 N–H and O–H groups in total. The molecule has 2 amide bonds. The Kier molecular flexibility index (Phi) is 6.00. The zero-order valence-corrected chi connectivity index (χ0v) is 19.7. The van der Waals surface area contributed by atoms with Crippen LogP contribution in [0.1, 0.15) is 80.4 Å². The molecule has 2 fully saturated rings. The molecule has 2 unspecified atom stereocenters. The number of likely N-dealkylation sites (tertiary alicyclic amines) is 2. The smallest absolute Gasteiger partial charge is 0.253 e. The first-order chi connectivity index (χ1) is 15.5. The van der Waals surface area contributed by atoms with Crippen LogP contribution in [0.3, 0.4) is 0 Å². The molecule has 5 nitrogen and oxygen atoms in total. The van der Waals surface area contributed by atoms with Crippen LogP contribution in [0.2, 0.25) is 0 Å². The minimum absolute atomic E-state index is 0.161. The van der Waals surface area contributed by atoms with E-state index in [1.165, 1.54) is 35.9 Å². The summed E-state index contributed by atoms with van der Waals surface area (Å²) in [5.41, 5.74) is 4.76. The first-order valence-corrected chi connectivity index (χ1v) is 12.7. The van der Waals surface area contributed by atoms with Crippen LogP contribution in [0.4, 0.5) is 0 Å². The predicted octanol–water partition coefficient (Wildman–Crippen LogP) is 4.94. The van der Waals surface area contributed by atoms with Gasteiger partial charge in [-0.1, -0.05) is 19.8 Å². The average Bonchev–Trinajstić information content (AvgIpc) is 2.98. The highest BCUT2D eigenvalue weighted by Crippen LogP contribution is 2.33. The van der Waals surface area contributed by atoms with Crippen LogP contribution >= 0.6 is 0 Å². The Morgan fingerprint density at radius 2 is 1.81 bits per heavy atom. The van der Waals surface area contributed by atoms with Crippen LogP contribution in [-0.4, -0.2) is 52.3 Å². The summed E-state index contributed by atoms with van der Waals surface area (Å²) in [5, 5.41) is 1.24. The Bertz CT molecular complexity index is 1000. The zero-order chi connectivity index (χ0) is 22.2. The minimum atomic E-state index is 0.161. The monoisotopic (exact) mass is 435 g/mol. The molecule has 0 saturated carbocycles. The third-order valence-corrected chi connectivity index (χ3v) is 8.26. The second-order valence-electron chi connectivity index (χ2n) is 10.4. The van der Waals surface area contributed by atoms with Crippen molar-refractivity contribution in [1.82, 2.24) is 14.8 Å². The van der Waals surface area contributed by atoms with Gasteiger partial charge in [0.15, 0.2) is 0 Å². The number of piperidine rings is 1. The van der Waals surface area contributed by atoms with Crippen molar-refractivity contribution in [3.63, 3.8) is 0 Å². The number of H-pyrrole nitrogens is 1. The number of rotatable bonds is 2. The van der Waals surface area contributed by atoms with E-state index >= 15 is 0 Å². The van der Waals surface area contributed by atoms with Crippen LogP contribution in [-0.2, 0) is 17.6 Å². The van der Waals surface area contributed by atoms with E-state index in [1.807, 2.05) is 11.0 Å². The second kappa shape index (κ2) is 8.92. The molecule has 5 heteroatoms. The molecule has 172 valence electrons. The summed E-state index contributed by atoms with van der Waals surface area (Å²) in [6.07, 6.45) is 10.1. The lowest BCUT2D eigenvalue weighted by Gasteiger charge is -2.40. The Labute approximate surface area is 191 Å². The number of fused-ring (bicyclic) bond motifs is 3. The molecule has 2 aromatic rings. The molecule has 0 spiro atoms. The Morgan fingerprint density at radius 1 is 1.00 bits per heavy atom. The van der Waals surface area contributed by atoms with Gasteiger partial charge >= 0.3 is 0 Å². The van der Waals surface area contributed by atoms with Crippen LogP contribution in [0.15, 0.2) is 18.2 Å². The molecule has 2 saturated heterocycles. The van der Waals surface area contributed by atoms with Gasteiger partial charge in [0, 0.05) is 54.8 Å². The molecule has 2 aliphatic heterocycles. The maximum Gasteiger partial charge on any atom is 0.253 e. The summed E-state index contributed by atoms with van der Waals surface area (Å²) in [4.78, 5) is 33.3. The molecule has 32 heavy (non-hydrogen) atoms. The van der Waals surface area contributed by atoms with Gasteiger partial charge in [0.25, 0.3) is 5.91 Å². The summed E-state index contributed by atoms with van der Waals surface area (Å²) >= 11 is 0. The van der Waals surface area contributed by atoms with Gasteiger partial charge < -0.3 is 14.8 Å². The van der Waals surface area contributed by atoms with Crippen molar-refractivity contribution in [3.05, 3.63) is 35.0 Å². The fourth-order valence-electron chi connectivity index (χ4n) is 6.41. The number of amides is 2. The van der Waals surface area contributed by atoms with Crippen molar-refractivity contribution in [2.24, 2.45) is 11.8 Å². The van der Waals surface area contributed by atoms with E-state index in [9.17, 15) is 9.59 Å². The van der Waals surface area contributed by atoms with Gasteiger partial charge in [0.2, 0.25) is 5.91 Å². The molecule has 2 atom stereocenters. The fraction of sp³-hybridized carbons (Fsp3) is 0.630. The number of hydrogen-bond acceptors (Lipinski definition) is 2. The number of nitrogens with one attached hydrogen (secondary N) is 1. The van der Waals surface area contributed by atoms with Crippen molar-refractivity contribution in [2.75, 3.05) is 19.6 Å². The molecule has 1 aromatic carbocycles. The summed E-state index contributed by atoms with van der Waals surface area (Å²) in [6, 6.07) is 6.57. The maximum absolute atomic E-state index is 13.4. The third kappa shape index (κ3) is 4.06. The average molecular weight is 436 g/mol. The standard InChI is InChI=1S/C27H37N3O2/c1-18-7-9-24-22(16-18)23-17-21(8-10-25(23)28-24)27(32)29-14-11-20(12-15-29)26-6-4-3-5-13-30(26)19(2)31/h8,10,17-18,20,26,28H,3-7,9,11-16H2,1-2H3. The molecule has 5 rings (SSSR count). The van der Waals surface area contributed by atoms with E-state index in [4.69, 9.17) is 0 Å². The van der Waals surface area contributed by atoms with Crippen molar-refractivity contribution in [3.8, 4) is 0 Å². The molecule has 1 aliphatic carbocycles. The lowest BCUT2D eigenvalue weighted by atomic mass is 9.85. The van der Waals surface area contributed by atoms with Gasteiger partial charge in [-0.25, -0.2) is 0 Å².